The summed E-state index contributed by atoms with van der Waals surface area (Å²) < 4.78 is 12.3. The minimum atomic E-state index is -1.97. The Morgan fingerprint density at radius 3 is 2.43 bits per heavy atom. The molecular weight excluding hydrogens is 417 g/mol. The normalized spacial score (nSPS) is 28.6. The van der Waals surface area contributed by atoms with Crippen LogP contribution in [0.25, 0.3) is 0 Å². The Labute approximate surface area is 182 Å². The molecule has 30 heavy (non-hydrogen) atoms. The molecule has 0 aromatic heterocycles. The molecule has 0 amide bonds. The van der Waals surface area contributed by atoms with E-state index in [1.807, 2.05) is 0 Å². The van der Waals surface area contributed by atoms with Crippen molar-refractivity contribution in [1.29, 1.82) is 0 Å². The summed E-state index contributed by atoms with van der Waals surface area (Å²) in [7, 11) is -1.97. The highest BCUT2D eigenvalue weighted by Gasteiger charge is 2.46. The van der Waals surface area contributed by atoms with Crippen molar-refractivity contribution in [3.05, 3.63) is 24.2 Å². The molecule has 0 spiro atoms. The zero-order valence-electron chi connectivity index (χ0n) is 19.6. The van der Waals surface area contributed by atoms with E-state index in [1.165, 1.54) is 0 Å². The summed E-state index contributed by atoms with van der Waals surface area (Å²) >= 11 is 0. The van der Waals surface area contributed by atoms with E-state index in [-0.39, 0.29) is 5.04 Å². The zero-order valence-corrected chi connectivity index (χ0v) is 21.4. The van der Waals surface area contributed by atoms with Crippen LogP contribution in [0.3, 0.4) is 0 Å². The molecule has 0 aliphatic carbocycles. The van der Waals surface area contributed by atoms with Crippen molar-refractivity contribution in [2.75, 3.05) is 26.1 Å². The lowest BCUT2D eigenvalue weighted by atomic mass is 10.1. The van der Waals surface area contributed by atoms with Crippen LogP contribution in [0, 0.1) is 0 Å². The molecular formula is C21H40N3O4PSi. The molecule has 4 N–H and O–H groups in total. The first kappa shape index (κ1) is 25.4. The highest BCUT2D eigenvalue weighted by Crippen LogP contribution is 2.39. The van der Waals surface area contributed by atoms with Gasteiger partial charge in [0.1, 0.15) is 23.9 Å². The summed E-state index contributed by atoms with van der Waals surface area (Å²) in [6.45, 7) is 18.2. The SMILES string of the molecule is C=C1N=C(N)C(CO[Si](C)(C)C(C)(C)C)=CN1[C@@H]1O[C@H](CCP(=C)(C)C)[C@@H](O)C1O. The van der Waals surface area contributed by atoms with Crippen LogP contribution in [0.2, 0.25) is 18.1 Å². The monoisotopic (exact) mass is 457 g/mol. The van der Waals surface area contributed by atoms with Gasteiger partial charge in [-0.15, -0.1) is 13.2 Å². The molecule has 2 rings (SSSR count). The Morgan fingerprint density at radius 2 is 1.90 bits per heavy atom. The predicted octanol–water partition coefficient (Wildman–Crippen LogP) is 2.58. The maximum atomic E-state index is 10.6. The second-order valence-electron chi connectivity index (χ2n) is 10.5. The number of aliphatic hydroxyl groups is 2. The first-order valence-corrected chi connectivity index (χ1v) is 16.3. The first-order valence-electron chi connectivity index (χ1n) is 10.4. The summed E-state index contributed by atoms with van der Waals surface area (Å²) in [4.78, 5) is 5.99. The molecule has 1 unspecified atom stereocenters. The molecule has 7 nitrogen and oxygen atoms in total. The topological polar surface area (TPSA) is 101 Å². The van der Waals surface area contributed by atoms with Crippen LogP contribution in [0.1, 0.15) is 27.2 Å². The Hall–Kier alpha value is -0.893. The summed E-state index contributed by atoms with van der Waals surface area (Å²) in [5.74, 6) is 0.716. The van der Waals surface area contributed by atoms with Gasteiger partial charge in [0.2, 0.25) is 0 Å². The van der Waals surface area contributed by atoms with Gasteiger partial charge in [-0.05, 0) is 44.0 Å². The van der Waals surface area contributed by atoms with E-state index >= 15 is 0 Å². The molecule has 0 radical (unpaired) electrons. The van der Waals surface area contributed by atoms with Gasteiger partial charge in [-0.25, -0.2) is 4.99 Å². The lowest BCUT2D eigenvalue weighted by Crippen LogP contribution is -2.44. The minimum Gasteiger partial charge on any atom is -0.412 e. The van der Waals surface area contributed by atoms with Crippen molar-refractivity contribution >= 4 is 27.3 Å². The molecule has 4 atom stereocenters. The molecule has 1 fully saturated rings. The van der Waals surface area contributed by atoms with E-state index in [0.29, 0.717) is 30.3 Å². The van der Waals surface area contributed by atoms with Crippen molar-refractivity contribution in [2.24, 2.45) is 10.7 Å². The average Bonchev–Trinajstić information content (AvgIpc) is 2.86. The first-order chi connectivity index (χ1) is 13.5. The van der Waals surface area contributed by atoms with Crippen LogP contribution in [-0.4, -0.2) is 86.2 Å². The number of hydrogen-bond acceptors (Lipinski definition) is 7. The van der Waals surface area contributed by atoms with Gasteiger partial charge in [-0.1, -0.05) is 27.4 Å². The Kier molecular flexibility index (Phi) is 7.55. The average molecular weight is 458 g/mol. The van der Waals surface area contributed by atoms with Gasteiger partial charge in [0, 0.05) is 11.8 Å². The maximum absolute atomic E-state index is 10.6. The molecule has 2 aliphatic heterocycles. The number of aliphatic hydroxyl groups excluding tert-OH is 2. The van der Waals surface area contributed by atoms with Crippen LogP contribution in [-0.2, 0) is 9.16 Å². The van der Waals surface area contributed by atoms with Crippen LogP contribution in [0.15, 0.2) is 29.2 Å². The van der Waals surface area contributed by atoms with E-state index in [9.17, 15) is 10.2 Å². The molecule has 2 heterocycles. The highest BCUT2D eigenvalue weighted by molar-refractivity contribution is 7.72. The standard InChI is InChI=1S/C21H40N3O4PSi/c1-14-23-19(22)15(13-27-30(8,9)21(2,3)4)12-24(14)20-18(26)17(25)16(28-20)10-11-29(5,6)7/h12,16-18,20,25-26H,1,5,10-11,13H2,2-4,6-9H3,(H2,22,23)/t16-,17-,18?,20-/m1/s1. The van der Waals surface area contributed by atoms with E-state index in [1.54, 1.807) is 11.1 Å². The highest BCUT2D eigenvalue weighted by atomic mass is 31.2. The molecule has 0 bridgehead atoms. The maximum Gasteiger partial charge on any atom is 0.192 e. The number of nitrogens with two attached hydrogens (primary N) is 1. The van der Waals surface area contributed by atoms with Crippen molar-refractivity contribution < 1.29 is 19.4 Å². The summed E-state index contributed by atoms with van der Waals surface area (Å²) in [6, 6.07) is 0. The second kappa shape index (κ2) is 8.92. The number of aliphatic imine (C=N–C) groups is 1. The van der Waals surface area contributed by atoms with E-state index in [2.05, 4.69) is 65.1 Å². The largest absolute Gasteiger partial charge is 0.412 e. The smallest absolute Gasteiger partial charge is 0.192 e. The number of amidine groups is 1. The molecule has 9 heteroatoms. The lowest BCUT2D eigenvalue weighted by molar-refractivity contribution is -0.0582. The van der Waals surface area contributed by atoms with Crippen molar-refractivity contribution in [3.63, 3.8) is 0 Å². The van der Waals surface area contributed by atoms with E-state index in [0.717, 1.165) is 6.16 Å². The molecule has 0 saturated carbocycles. The number of hydrogen-bond donors (Lipinski definition) is 3. The Bertz CT molecular complexity index is 769. The van der Waals surface area contributed by atoms with Gasteiger partial charge in [-0.2, -0.15) is 0 Å². The third-order valence-corrected chi connectivity index (χ3v) is 12.1. The fraction of sp³-hybridized carbons (Fsp3) is 0.714. The molecule has 1 saturated heterocycles. The summed E-state index contributed by atoms with van der Waals surface area (Å²) in [5.41, 5.74) is 6.84. The van der Waals surface area contributed by atoms with Crippen molar-refractivity contribution in [1.82, 2.24) is 4.90 Å². The lowest BCUT2D eigenvalue weighted by Gasteiger charge is -2.37. The van der Waals surface area contributed by atoms with E-state index in [4.69, 9.17) is 14.9 Å². The fourth-order valence-electron chi connectivity index (χ4n) is 3.06. The van der Waals surface area contributed by atoms with Gasteiger partial charge in [-0.3, -0.25) is 0 Å². The van der Waals surface area contributed by atoms with Crippen LogP contribution >= 0.6 is 6.89 Å². The molecule has 0 aromatic rings. The van der Waals surface area contributed by atoms with Crippen molar-refractivity contribution in [2.45, 2.75) is 69.9 Å². The van der Waals surface area contributed by atoms with E-state index < -0.39 is 39.7 Å². The molecule has 172 valence electrons. The van der Waals surface area contributed by atoms with Crippen LogP contribution in [0.5, 0.6) is 0 Å². The molecule has 0 aromatic carbocycles. The van der Waals surface area contributed by atoms with Gasteiger partial charge >= 0.3 is 0 Å². The minimum absolute atomic E-state index is 0.0735. The predicted molar refractivity (Wildman–Crippen MR) is 130 cm³/mol. The number of rotatable bonds is 7. The fourth-order valence-corrected chi connectivity index (χ4v) is 4.96. The van der Waals surface area contributed by atoms with Crippen LogP contribution < -0.4 is 5.73 Å². The van der Waals surface area contributed by atoms with Gasteiger partial charge in [0.05, 0.1) is 12.7 Å². The number of ether oxygens (including phenoxy) is 1. The second-order valence-corrected chi connectivity index (χ2v) is 19.6. The Morgan fingerprint density at radius 1 is 1.30 bits per heavy atom. The third kappa shape index (κ3) is 5.87. The summed E-state index contributed by atoms with van der Waals surface area (Å²) in [6.07, 6.45) is 4.23. The quantitative estimate of drug-likeness (QED) is 0.401. The van der Waals surface area contributed by atoms with Gasteiger partial charge in [0.15, 0.2) is 14.5 Å². The molecule has 2 aliphatic rings. The van der Waals surface area contributed by atoms with Crippen LogP contribution in [0.4, 0.5) is 0 Å². The van der Waals surface area contributed by atoms with Gasteiger partial charge in [0.25, 0.3) is 0 Å². The number of nitrogens with zero attached hydrogens (tertiary/aromatic N) is 2. The van der Waals surface area contributed by atoms with Gasteiger partial charge < -0.3 is 30.0 Å². The zero-order chi connectivity index (χ0) is 23.1. The van der Waals surface area contributed by atoms with Crippen molar-refractivity contribution in [3.8, 4) is 0 Å². The third-order valence-electron chi connectivity index (χ3n) is 6.20. The summed E-state index contributed by atoms with van der Waals surface area (Å²) in [5, 5.41) is 21.2. The Balaban J connectivity index is 2.16.